The molecule has 0 aliphatic rings. The molecule has 0 aliphatic carbocycles. The summed E-state index contributed by atoms with van der Waals surface area (Å²) in [4.78, 5) is 31.4. The Morgan fingerprint density at radius 1 is 0.147 bits per heavy atom. The van der Waals surface area contributed by atoms with Crippen molar-refractivity contribution < 1.29 is 8.83 Å². The zero-order valence-electron chi connectivity index (χ0n) is 73.6. The molecule has 6 aromatic heterocycles. The summed E-state index contributed by atoms with van der Waals surface area (Å²) >= 11 is 0. The molecule has 0 N–H and O–H groups in total. The first-order valence-corrected chi connectivity index (χ1v) is 45.8. The van der Waals surface area contributed by atoms with Crippen molar-refractivity contribution in [2.24, 2.45) is 0 Å². The van der Waals surface area contributed by atoms with Crippen molar-refractivity contribution in [1.82, 2.24) is 39.0 Å². The Morgan fingerprint density at radius 3 is 0.868 bits per heavy atom. The molecule has 636 valence electrons. The van der Waals surface area contributed by atoms with Gasteiger partial charge >= 0.3 is 0 Å². The average molecular weight is 1740 g/mol. The second-order valence-corrected chi connectivity index (χ2v) is 34.3. The highest BCUT2D eigenvalue weighted by Gasteiger charge is 2.27. The van der Waals surface area contributed by atoms with E-state index in [0.717, 1.165) is 221 Å². The lowest BCUT2D eigenvalue weighted by Gasteiger charge is -2.16. The molecule has 10 heteroatoms. The summed E-state index contributed by atoms with van der Waals surface area (Å²) in [6.45, 7) is 0. The van der Waals surface area contributed by atoms with Crippen LogP contribution in [0.5, 0.6) is 0 Å². The Kier molecular flexibility index (Phi) is 20.0. The lowest BCUT2D eigenvalue weighted by Crippen LogP contribution is -2.01. The van der Waals surface area contributed by atoms with Crippen molar-refractivity contribution in [2.45, 2.75) is 0 Å². The zero-order valence-corrected chi connectivity index (χ0v) is 73.6. The molecule has 0 amide bonds. The maximum atomic E-state index is 7.03. The van der Waals surface area contributed by atoms with Gasteiger partial charge in [-0.15, -0.1) is 0 Å². The summed E-state index contributed by atoms with van der Waals surface area (Å²) in [6, 6.07) is 170. The molecule has 26 aromatic rings. The first-order chi connectivity index (χ1) is 67.4. The van der Waals surface area contributed by atoms with E-state index in [4.69, 9.17) is 38.7 Å². The third kappa shape index (κ3) is 14.6. The maximum absolute atomic E-state index is 7.03. The molecule has 6 heterocycles. The smallest absolute Gasteiger partial charge is 0.164 e. The van der Waals surface area contributed by atoms with E-state index in [1.807, 2.05) is 72.8 Å². The number of benzene rings is 20. The standard InChI is InChI=1S/2C63H40N4O/c1-6-19-41(20-7-1)46-37-47(42-21-8-2-9-22-42)39-48(38-46)45-33-34-50(54(40-45)63-65-61(43-23-10-3-11-24-43)64-62(66-63)44-25-12-4-13-26-44)51-30-18-32-57-58(51)53-35-36-56-59(60(53)68-57)52-29-16-17-31-55(52)67(56)49-27-14-5-15-28-49;1-6-18-41(19-7-1)47-36-48(42-20-8-2-9-21-42)38-49(37-47)45-30-32-51(55(39-45)63-65-61(43-22-10-3-11-23-43)64-62(66-63)44-24-12-4-13-25-44)46-31-35-58-54(40-46)52-33-34-57-59(60(52)68-58)53-28-16-17-29-56(53)67(57)50-26-14-5-15-27-50/h2*1-40H. The molecule has 0 aliphatic heterocycles. The number of nitrogens with zero attached hydrogens (tertiary/aromatic N) is 8. The first-order valence-electron chi connectivity index (χ1n) is 45.8. The van der Waals surface area contributed by atoms with Crippen molar-refractivity contribution in [1.29, 1.82) is 0 Å². The summed E-state index contributed by atoms with van der Waals surface area (Å²) < 4.78 is 18.6. The van der Waals surface area contributed by atoms with E-state index in [1.165, 1.54) is 0 Å². The van der Waals surface area contributed by atoms with Gasteiger partial charge in [-0.3, -0.25) is 0 Å². The molecule has 0 radical (unpaired) electrons. The number of hydrogen-bond acceptors (Lipinski definition) is 8. The van der Waals surface area contributed by atoms with Crippen LogP contribution in [0.1, 0.15) is 0 Å². The lowest BCUT2D eigenvalue weighted by atomic mass is 9.89. The summed E-state index contributed by atoms with van der Waals surface area (Å²) in [5.74, 6) is 3.59. The fraction of sp³-hybridized carbons (Fsp3) is 0. The van der Waals surface area contributed by atoms with Crippen molar-refractivity contribution in [3.63, 3.8) is 0 Å². The van der Waals surface area contributed by atoms with Gasteiger partial charge in [0.15, 0.2) is 34.9 Å². The van der Waals surface area contributed by atoms with Gasteiger partial charge in [0.1, 0.15) is 22.3 Å². The Morgan fingerprint density at radius 2 is 0.463 bits per heavy atom. The minimum atomic E-state index is 0.579. The predicted octanol–water partition coefficient (Wildman–Crippen LogP) is 33.1. The highest BCUT2D eigenvalue weighted by molar-refractivity contribution is 6.27. The van der Waals surface area contributed by atoms with Crippen LogP contribution in [0.2, 0.25) is 0 Å². The van der Waals surface area contributed by atoms with Crippen molar-refractivity contribution in [2.75, 3.05) is 0 Å². The van der Waals surface area contributed by atoms with Gasteiger partial charge in [0.25, 0.3) is 0 Å². The van der Waals surface area contributed by atoms with Crippen molar-refractivity contribution in [3.8, 4) is 169 Å². The van der Waals surface area contributed by atoms with E-state index >= 15 is 0 Å². The minimum absolute atomic E-state index is 0.579. The van der Waals surface area contributed by atoms with Gasteiger partial charge in [-0.25, -0.2) is 29.9 Å². The van der Waals surface area contributed by atoms with Crippen LogP contribution in [0, 0.1) is 0 Å². The number of furan rings is 2. The summed E-state index contributed by atoms with van der Waals surface area (Å²) in [6.07, 6.45) is 0. The second-order valence-electron chi connectivity index (χ2n) is 34.3. The topological polar surface area (TPSA) is 113 Å². The van der Waals surface area contributed by atoms with Gasteiger partial charge < -0.3 is 18.0 Å². The van der Waals surface area contributed by atoms with Gasteiger partial charge in [0, 0.05) is 77.1 Å². The van der Waals surface area contributed by atoms with Gasteiger partial charge in [0.2, 0.25) is 0 Å². The molecule has 20 aromatic carbocycles. The third-order valence-electron chi connectivity index (χ3n) is 26.1. The van der Waals surface area contributed by atoms with Crippen LogP contribution in [0.25, 0.3) is 256 Å². The molecular weight excluding hydrogens is 1660 g/mol. The lowest BCUT2D eigenvalue weighted by molar-refractivity contribution is 0.672. The fourth-order valence-corrected chi connectivity index (χ4v) is 19.7. The maximum Gasteiger partial charge on any atom is 0.164 e. The van der Waals surface area contributed by atoms with E-state index in [1.54, 1.807) is 0 Å². The molecule has 10 nitrogen and oxygen atoms in total. The Labute approximate surface area is 784 Å². The molecule has 0 saturated carbocycles. The van der Waals surface area contributed by atoms with Crippen LogP contribution in [0.3, 0.4) is 0 Å². The molecule has 0 bridgehead atoms. The molecule has 0 saturated heterocycles. The zero-order chi connectivity index (χ0) is 89.9. The van der Waals surface area contributed by atoms with Gasteiger partial charge in [-0.1, -0.05) is 358 Å². The van der Waals surface area contributed by atoms with E-state index < -0.39 is 0 Å². The summed E-state index contributed by atoms with van der Waals surface area (Å²) in [5, 5.41) is 8.67. The summed E-state index contributed by atoms with van der Waals surface area (Å²) in [7, 11) is 0. The number of fused-ring (bicyclic) bond motifs is 14. The molecule has 26 rings (SSSR count). The first kappa shape index (κ1) is 79.8. The van der Waals surface area contributed by atoms with Crippen LogP contribution >= 0.6 is 0 Å². The minimum Gasteiger partial charge on any atom is -0.455 e. The van der Waals surface area contributed by atoms with Gasteiger partial charge in [-0.05, 0) is 216 Å². The number of rotatable bonds is 16. The molecule has 0 fully saturated rings. The number of aromatic nitrogens is 8. The van der Waals surface area contributed by atoms with Crippen LogP contribution in [0.15, 0.2) is 494 Å². The van der Waals surface area contributed by atoms with Crippen molar-refractivity contribution >= 4 is 87.5 Å². The van der Waals surface area contributed by atoms with Gasteiger partial charge in [-0.2, -0.15) is 0 Å². The molecule has 0 atom stereocenters. The molecule has 136 heavy (non-hydrogen) atoms. The van der Waals surface area contributed by atoms with Crippen LogP contribution < -0.4 is 0 Å². The molecule has 0 unspecified atom stereocenters. The van der Waals surface area contributed by atoms with Crippen molar-refractivity contribution in [3.05, 3.63) is 485 Å². The van der Waals surface area contributed by atoms with Gasteiger partial charge in [0.05, 0.1) is 32.8 Å². The predicted molar refractivity (Wildman–Crippen MR) is 559 cm³/mol. The monoisotopic (exact) mass is 1740 g/mol. The highest BCUT2D eigenvalue weighted by Crippen LogP contribution is 2.49. The van der Waals surface area contributed by atoms with Crippen LogP contribution in [-0.4, -0.2) is 39.0 Å². The fourth-order valence-electron chi connectivity index (χ4n) is 19.7. The number of para-hydroxylation sites is 4. The van der Waals surface area contributed by atoms with E-state index in [0.29, 0.717) is 34.9 Å². The highest BCUT2D eigenvalue weighted by atomic mass is 16.3. The number of hydrogen-bond donors (Lipinski definition) is 0. The Hall–Kier alpha value is -18.4. The summed E-state index contributed by atoms with van der Waals surface area (Å²) in [5.41, 5.74) is 33.0. The normalized spacial score (nSPS) is 11.5. The second kappa shape index (κ2) is 34.2. The van der Waals surface area contributed by atoms with E-state index in [9.17, 15) is 0 Å². The third-order valence-corrected chi connectivity index (χ3v) is 26.1. The Balaban J connectivity index is 0.000000145. The molecular formula is C126H80N8O2. The van der Waals surface area contributed by atoms with E-state index in [-0.39, 0.29) is 0 Å². The molecule has 0 spiro atoms. The van der Waals surface area contributed by atoms with Crippen LogP contribution in [0.4, 0.5) is 0 Å². The average Bonchev–Trinajstić information content (AvgIpc) is 1.55. The quantitative estimate of drug-likeness (QED) is 0.0940. The SMILES string of the molecule is c1ccc(-c2cc(-c3ccccc3)cc(-c3ccc(-c4ccc5oc6c(ccc7c6c6ccccc6n7-c6ccccc6)c5c4)c(-c4nc(-c5ccccc5)nc(-c5ccccc5)n4)c3)c2)cc1.c1ccc(-c2cc(-c3ccccc3)cc(-c3ccc(-c4cccc5oc6c(ccc7c6c6ccccc6n7-c6ccccc6)c45)c(-c4nc(-c5ccccc5)nc(-c5ccccc5)n4)c3)c2)cc1. The largest absolute Gasteiger partial charge is 0.455 e. The van der Waals surface area contributed by atoms with E-state index in [2.05, 4.69) is 422 Å². The Bertz CT molecular complexity index is 8810. The van der Waals surface area contributed by atoms with Crippen LogP contribution in [-0.2, 0) is 0 Å².